The molecular weight excluding hydrogens is 302 g/mol. The number of rotatable bonds is 3. The topological polar surface area (TPSA) is 61.4 Å². The summed E-state index contributed by atoms with van der Waals surface area (Å²) in [6, 6.07) is 14.9. The fourth-order valence-electron chi connectivity index (χ4n) is 2.85. The lowest BCUT2D eigenvalue weighted by Crippen LogP contribution is -2.39. The van der Waals surface area contributed by atoms with Gasteiger partial charge < -0.3 is 15.5 Å². The molecule has 1 saturated heterocycles. The van der Waals surface area contributed by atoms with Crippen LogP contribution in [0.4, 0.5) is 16.2 Å². The van der Waals surface area contributed by atoms with Crippen LogP contribution in [0.15, 0.2) is 48.5 Å². The summed E-state index contributed by atoms with van der Waals surface area (Å²) in [5.74, 6) is 0.0275. The van der Waals surface area contributed by atoms with Gasteiger partial charge in [-0.2, -0.15) is 0 Å². The van der Waals surface area contributed by atoms with Crippen molar-refractivity contribution in [1.29, 1.82) is 0 Å². The van der Waals surface area contributed by atoms with E-state index < -0.39 is 0 Å². The molecule has 0 aromatic heterocycles. The van der Waals surface area contributed by atoms with Crippen molar-refractivity contribution in [2.45, 2.75) is 26.3 Å². The monoisotopic (exact) mass is 323 g/mol. The van der Waals surface area contributed by atoms with Crippen LogP contribution in [-0.4, -0.2) is 24.5 Å². The molecule has 24 heavy (non-hydrogen) atoms. The second-order valence-corrected chi connectivity index (χ2v) is 6.21. The molecule has 124 valence electrons. The summed E-state index contributed by atoms with van der Waals surface area (Å²) in [5, 5.41) is 5.68. The van der Waals surface area contributed by atoms with Crippen LogP contribution in [0, 0.1) is 13.8 Å². The Hall–Kier alpha value is -2.82. The van der Waals surface area contributed by atoms with Crippen LogP contribution in [0.2, 0.25) is 0 Å². The van der Waals surface area contributed by atoms with E-state index in [9.17, 15) is 9.59 Å². The molecule has 5 nitrogen and oxygen atoms in total. The number of hydrogen-bond acceptors (Lipinski definition) is 2. The van der Waals surface area contributed by atoms with Gasteiger partial charge in [0.05, 0.1) is 6.04 Å². The van der Waals surface area contributed by atoms with Gasteiger partial charge >= 0.3 is 6.03 Å². The van der Waals surface area contributed by atoms with Crippen molar-refractivity contribution in [3.05, 3.63) is 59.7 Å². The number of carbonyl (C=O) groups excluding carboxylic acids is 2. The molecule has 1 atom stereocenters. The highest BCUT2D eigenvalue weighted by Gasteiger charge is 2.31. The SMILES string of the molecule is Cc1ccc(N2CC(NC(=O)Nc3cccc(C)c3)CC2=O)cc1. The lowest BCUT2D eigenvalue weighted by Gasteiger charge is -2.17. The first-order valence-corrected chi connectivity index (χ1v) is 8.02. The highest BCUT2D eigenvalue weighted by molar-refractivity contribution is 5.97. The number of hydrogen-bond donors (Lipinski definition) is 2. The molecule has 0 bridgehead atoms. The number of amides is 3. The van der Waals surface area contributed by atoms with Crippen LogP contribution in [-0.2, 0) is 4.79 Å². The van der Waals surface area contributed by atoms with Gasteiger partial charge in [-0.15, -0.1) is 0 Å². The minimum absolute atomic E-state index is 0.0275. The molecule has 1 aliphatic rings. The van der Waals surface area contributed by atoms with Crippen molar-refractivity contribution < 1.29 is 9.59 Å². The quantitative estimate of drug-likeness (QED) is 0.911. The van der Waals surface area contributed by atoms with Gasteiger partial charge in [-0.1, -0.05) is 29.8 Å². The predicted molar refractivity (Wildman–Crippen MR) is 95.3 cm³/mol. The molecule has 1 unspecified atom stereocenters. The molecule has 1 fully saturated rings. The van der Waals surface area contributed by atoms with E-state index in [1.54, 1.807) is 4.90 Å². The van der Waals surface area contributed by atoms with E-state index in [1.807, 2.05) is 62.4 Å². The molecule has 1 heterocycles. The standard InChI is InChI=1S/C19H21N3O2/c1-13-6-8-17(9-7-13)22-12-16(11-18(22)23)21-19(24)20-15-5-3-4-14(2)10-15/h3-10,16H,11-12H2,1-2H3,(H2,20,21,24). The smallest absolute Gasteiger partial charge is 0.319 e. The highest BCUT2D eigenvalue weighted by atomic mass is 16.2. The lowest BCUT2D eigenvalue weighted by atomic mass is 10.2. The second-order valence-electron chi connectivity index (χ2n) is 6.21. The van der Waals surface area contributed by atoms with E-state index in [2.05, 4.69) is 10.6 Å². The summed E-state index contributed by atoms with van der Waals surface area (Å²) in [6.07, 6.45) is 0.315. The first-order valence-electron chi connectivity index (χ1n) is 8.02. The predicted octanol–water partition coefficient (Wildman–Crippen LogP) is 3.23. The Morgan fingerprint density at radius 1 is 1.08 bits per heavy atom. The van der Waals surface area contributed by atoms with Gasteiger partial charge in [0.1, 0.15) is 0 Å². The molecule has 2 N–H and O–H groups in total. The summed E-state index contributed by atoms with van der Waals surface area (Å²) in [6.45, 7) is 4.47. The molecule has 2 aromatic rings. The van der Waals surface area contributed by atoms with E-state index in [4.69, 9.17) is 0 Å². The molecule has 0 radical (unpaired) electrons. The molecular formula is C19H21N3O2. The van der Waals surface area contributed by atoms with Crippen LogP contribution in [0.3, 0.4) is 0 Å². The van der Waals surface area contributed by atoms with E-state index in [1.165, 1.54) is 0 Å². The largest absolute Gasteiger partial charge is 0.333 e. The van der Waals surface area contributed by atoms with Crippen molar-refractivity contribution in [3.8, 4) is 0 Å². The normalized spacial score (nSPS) is 17.0. The summed E-state index contributed by atoms with van der Waals surface area (Å²) in [4.78, 5) is 26.1. The van der Waals surface area contributed by atoms with Crippen LogP contribution in [0.25, 0.3) is 0 Å². The number of urea groups is 1. The Labute approximate surface area is 141 Å². The molecule has 5 heteroatoms. The number of nitrogens with zero attached hydrogens (tertiary/aromatic N) is 1. The Balaban J connectivity index is 1.59. The van der Waals surface area contributed by atoms with Crippen molar-refractivity contribution in [1.82, 2.24) is 5.32 Å². The lowest BCUT2D eigenvalue weighted by molar-refractivity contribution is -0.117. The minimum Gasteiger partial charge on any atom is -0.333 e. The zero-order valence-electron chi connectivity index (χ0n) is 13.9. The van der Waals surface area contributed by atoms with Crippen LogP contribution in [0.1, 0.15) is 17.5 Å². The van der Waals surface area contributed by atoms with Crippen molar-refractivity contribution >= 4 is 23.3 Å². The molecule has 0 aliphatic carbocycles. The van der Waals surface area contributed by atoms with E-state index in [-0.39, 0.29) is 18.0 Å². The van der Waals surface area contributed by atoms with E-state index in [0.29, 0.717) is 13.0 Å². The molecule has 3 amide bonds. The molecule has 0 spiro atoms. The Kier molecular flexibility index (Phi) is 4.51. The third kappa shape index (κ3) is 3.74. The summed E-state index contributed by atoms with van der Waals surface area (Å²) < 4.78 is 0. The Bertz CT molecular complexity index is 755. The number of benzene rings is 2. The fourth-order valence-corrected chi connectivity index (χ4v) is 2.85. The maximum absolute atomic E-state index is 12.2. The zero-order valence-corrected chi connectivity index (χ0v) is 13.9. The Morgan fingerprint density at radius 3 is 2.54 bits per heavy atom. The van der Waals surface area contributed by atoms with Crippen LogP contribution >= 0.6 is 0 Å². The second kappa shape index (κ2) is 6.74. The number of carbonyl (C=O) groups is 2. The van der Waals surface area contributed by atoms with Crippen molar-refractivity contribution in [2.24, 2.45) is 0 Å². The van der Waals surface area contributed by atoms with Gasteiger partial charge in [-0.05, 0) is 43.7 Å². The molecule has 0 saturated carbocycles. The van der Waals surface area contributed by atoms with E-state index in [0.717, 1.165) is 22.5 Å². The number of aryl methyl sites for hydroxylation is 2. The van der Waals surface area contributed by atoms with Gasteiger partial charge in [0.15, 0.2) is 0 Å². The Morgan fingerprint density at radius 2 is 1.83 bits per heavy atom. The maximum Gasteiger partial charge on any atom is 0.319 e. The van der Waals surface area contributed by atoms with Gasteiger partial charge in [-0.3, -0.25) is 4.79 Å². The summed E-state index contributed by atoms with van der Waals surface area (Å²) >= 11 is 0. The number of anilines is 2. The van der Waals surface area contributed by atoms with Gasteiger partial charge in [0.2, 0.25) is 5.91 Å². The first-order chi connectivity index (χ1) is 11.5. The fraction of sp³-hybridized carbons (Fsp3) is 0.263. The van der Waals surface area contributed by atoms with Gasteiger partial charge in [-0.25, -0.2) is 4.79 Å². The first kappa shape index (κ1) is 16.1. The third-order valence-electron chi connectivity index (χ3n) is 4.08. The third-order valence-corrected chi connectivity index (χ3v) is 4.08. The minimum atomic E-state index is -0.288. The molecule has 1 aliphatic heterocycles. The van der Waals surface area contributed by atoms with Gasteiger partial charge in [0, 0.05) is 24.3 Å². The van der Waals surface area contributed by atoms with Crippen molar-refractivity contribution in [3.63, 3.8) is 0 Å². The molecule has 3 rings (SSSR count). The highest BCUT2D eigenvalue weighted by Crippen LogP contribution is 2.22. The van der Waals surface area contributed by atoms with Crippen LogP contribution < -0.4 is 15.5 Å². The van der Waals surface area contributed by atoms with Crippen LogP contribution in [0.5, 0.6) is 0 Å². The summed E-state index contributed by atoms with van der Waals surface area (Å²) in [7, 11) is 0. The summed E-state index contributed by atoms with van der Waals surface area (Å²) in [5.41, 5.74) is 3.84. The maximum atomic E-state index is 12.2. The van der Waals surface area contributed by atoms with Crippen molar-refractivity contribution in [2.75, 3.05) is 16.8 Å². The average molecular weight is 323 g/mol. The number of nitrogens with one attached hydrogen (secondary N) is 2. The average Bonchev–Trinajstić information content (AvgIpc) is 2.88. The van der Waals surface area contributed by atoms with Gasteiger partial charge in [0.25, 0.3) is 0 Å². The molecule has 2 aromatic carbocycles. The zero-order chi connectivity index (χ0) is 17.1. The van der Waals surface area contributed by atoms with E-state index >= 15 is 0 Å².